The minimum atomic E-state index is -1.31. The highest BCUT2D eigenvalue weighted by Crippen LogP contribution is 2.40. The molecule has 2 nitrogen and oxygen atoms in total. The highest BCUT2D eigenvalue weighted by Gasteiger charge is 2.28. The maximum atomic E-state index is 15.0. The predicted octanol–water partition coefficient (Wildman–Crippen LogP) is 8.25. The standard InChI is InChI=1S/C28H26F6O2/c1-3-35-21-13-11-20(26(32)28(21)34)19-10-9-18(24(30)25(19)31)17-7-5-16(6-8-17)14-36-22-12-4-15(2)23(29)27(22)33/h4,9-13,16-17H,3,5-8,14H2,1-2H3. The maximum absolute atomic E-state index is 15.0. The van der Waals surface area contributed by atoms with Gasteiger partial charge < -0.3 is 9.47 Å². The van der Waals surface area contributed by atoms with E-state index in [9.17, 15) is 22.0 Å². The van der Waals surface area contributed by atoms with Gasteiger partial charge in [-0.25, -0.2) is 17.6 Å². The van der Waals surface area contributed by atoms with Gasteiger partial charge in [0.05, 0.1) is 13.2 Å². The van der Waals surface area contributed by atoms with Crippen molar-refractivity contribution >= 4 is 0 Å². The van der Waals surface area contributed by atoms with Crippen LogP contribution in [-0.4, -0.2) is 13.2 Å². The van der Waals surface area contributed by atoms with Crippen LogP contribution in [0.15, 0.2) is 36.4 Å². The van der Waals surface area contributed by atoms with Crippen molar-refractivity contribution in [3.8, 4) is 22.6 Å². The van der Waals surface area contributed by atoms with E-state index in [2.05, 4.69) is 0 Å². The third-order valence-electron chi connectivity index (χ3n) is 6.75. The fraction of sp³-hybridized carbons (Fsp3) is 0.357. The summed E-state index contributed by atoms with van der Waals surface area (Å²) < 4.78 is 97.0. The molecule has 4 rings (SSSR count). The lowest BCUT2D eigenvalue weighted by Gasteiger charge is -2.29. The van der Waals surface area contributed by atoms with Crippen LogP contribution in [0, 0.1) is 47.7 Å². The predicted molar refractivity (Wildman–Crippen MR) is 124 cm³/mol. The molecule has 0 aliphatic heterocycles. The molecule has 0 heterocycles. The van der Waals surface area contributed by atoms with Crippen LogP contribution in [0.1, 0.15) is 49.7 Å². The van der Waals surface area contributed by atoms with E-state index < -0.39 is 34.9 Å². The minimum Gasteiger partial charge on any atom is -0.491 e. The number of ether oxygens (including phenoxy) is 2. The first kappa shape index (κ1) is 25.9. The van der Waals surface area contributed by atoms with Crippen LogP contribution in [-0.2, 0) is 0 Å². The van der Waals surface area contributed by atoms with Crippen molar-refractivity contribution in [2.75, 3.05) is 13.2 Å². The van der Waals surface area contributed by atoms with Crippen molar-refractivity contribution in [3.63, 3.8) is 0 Å². The second-order valence-electron chi connectivity index (χ2n) is 9.04. The van der Waals surface area contributed by atoms with Crippen LogP contribution in [0.4, 0.5) is 26.3 Å². The van der Waals surface area contributed by atoms with Crippen molar-refractivity contribution in [1.29, 1.82) is 0 Å². The lowest BCUT2D eigenvalue weighted by molar-refractivity contribution is 0.191. The van der Waals surface area contributed by atoms with Crippen molar-refractivity contribution in [3.05, 3.63) is 82.4 Å². The van der Waals surface area contributed by atoms with Crippen LogP contribution >= 0.6 is 0 Å². The monoisotopic (exact) mass is 508 g/mol. The van der Waals surface area contributed by atoms with E-state index in [0.29, 0.717) is 25.7 Å². The fourth-order valence-corrected chi connectivity index (χ4v) is 4.68. The molecule has 1 saturated carbocycles. The molecule has 0 amide bonds. The SMILES string of the molecule is CCOc1ccc(-c2ccc(C3CCC(COc4ccc(C)c(F)c4F)CC3)c(F)c2F)c(F)c1F. The molecule has 192 valence electrons. The summed E-state index contributed by atoms with van der Waals surface area (Å²) in [6.45, 7) is 3.39. The summed E-state index contributed by atoms with van der Waals surface area (Å²) in [5.41, 5.74) is -0.394. The average molecular weight is 509 g/mol. The van der Waals surface area contributed by atoms with Crippen LogP contribution in [0.3, 0.4) is 0 Å². The second-order valence-corrected chi connectivity index (χ2v) is 9.04. The third-order valence-corrected chi connectivity index (χ3v) is 6.75. The summed E-state index contributed by atoms with van der Waals surface area (Å²) in [5.74, 6) is -7.51. The molecule has 0 radical (unpaired) electrons. The summed E-state index contributed by atoms with van der Waals surface area (Å²) in [6.07, 6.45) is 2.34. The van der Waals surface area contributed by atoms with Gasteiger partial charge in [0.1, 0.15) is 0 Å². The average Bonchev–Trinajstić information content (AvgIpc) is 2.88. The molecular formula is C28H26F6O2. The molecule has 3 aromatic carbocycles. The number of hydrogen-bond acceptors (Lipinski definition) is 2. The Morgan fingerprint density at radius 3 is 1.86 bits per heavy atom. The molecule has 1 aliphatic rings. The van der Waals surface area contributed by atoms with Gasteiger partial charge in [-0.1, -0.05) is 18.2 Å². The van der Waals surface area contributed by atoms with Crippen LogP contribution in [0.2, 0.25) is 0 Å². The Morgan fingerprint density at radius 1 is 0.639 bits per heavy atom. The highest BCUT2D eigenvalue weighted by molar-refractivity contribution is 5.66. The Hall–Kier alpha value is -3.16. The molecule has 3 aromatic rings. The van der Waals surface area contributed by atoms with Crippen LogP contribution < -0.4 is 9.47 Å². The van der Waals surface area contributed by atoms with E-state index in [-0.39, 0.29) is 58.8 Å². The van der Waals surface area contributed by atoms with Gasteiger partial charge in [0.25, 0.3) is 0 Å². The summed E-state index contributed by atoms with van der Waals surface area (Å²) in [7, 11) is 0. The second kappa shape index (κ2) is 10.8. The first-order chi connectivity index (χ1) is 17.2. The largest absolute Gasteiger partial charge is 0.491 e. The van der Waals surface area contributed by atoms with Crippen molar-refractivity contribution < 1.29 is 35.8 Å². The van der Waals surface area contributed by atoms with Gasteiger partial charge in [-0.05, 0) is 80.7 Å². The zero-order valence-corrected chi connectivity index (χ0v) is 19.9. The molecule has 1 aliphatic carbocycles. The maximum Gasteiger partial charge on any atom is 0.201 e. The molecule has 8 heteroatoms. The van der Waals surface area contributed by atoms with Gasteiger partial charge in [0.2, 0.25) is 11.6 Å². The minimum absolute atomic E-state index is 0.0538. The van der Waals surface area contributed by atoms with Crippen molar-refractivity contribution in [2.24, 2.45) is 5.92 Å². The Balaban J connectivity index is 1.44. The van der Waals surface area contributed by atoms with E-state index in [0.717, 1.165) is 6.07 Å². The topological polar surface area (TPSA) is 18.5 Å². The molecule has 36 heavy (non-hydrogen) atoms. The Labute approximate surface area is 205 Å². The van der Waals surface area contributed by atoms with Gasteiger partial charge in [-0.2, -0.15) is 8.78 Å². The molecule has 0 bridgehead atoms. The van der Waals surface area contributed by atoms with Crippen molar-refractivity contribution in [2.45, 2.75) is 45.4 Å². The molecule has 0 N–H and O–H groups in total. The Kier molecular flexibility index (Phi) is 7.81. The normalized spacial score (nSPS) is 17.8. The smallest absolute Gasteiger partial charge is 0.201 e. The first-order valence-corrected chi connectivity index (χ1v) is 11.9. The van der Waals surface area contributed by atoms with Gasteiger partial charge in [0, 0.05) is 11.1 Å². The molecular weight excluding hydrogens is 482 g/mol. The molecule has 0 atom stereocenters. The third kappa shape index (κ3) is 5.04. The molecule has 0 spiro atoms. The summed E-state index contributed by atoms with van der Waals surface area (Å²) in [6, 6.07) is 7.85. The lowest BCUT2D eigenvalue weighted by Crippen LogP contribution is -2.20. The number of hydrogen-bond donors (Lipinski definition) is 0. The Bertz CT molecular complexity index is 1250. The van der Waals surface area contributed by atoms with E-state index in [1.54, 1.807) is 6.92 Å². The van der Waals surface area contributed by atoms with E-state index in [4.69, 9.17) is 9.47 Å². The van der Waals surface area contributed by atoms with Crippen molar-refractivity contribution in [1.82, 2.24) is 0 Å². The van der Waals surface area contributed by atoms with Gasteiger partial charge in [-0.15, -0.1) is 0 Å². The van der Waals surface area contributed by atoms with E-state index in [1.165, 1.54) is 37.3 Å². The highest BCUT2D eigenvalue weighted by atomic mass is 19.2. The number of benzene rings is 3. The lowest BCUT2D eigenvalue weighted by atomic mass is 9.78. The number of aryl methyl sites for hydroxylation is 1. The summed E-state index contributed by atoms with van der Waals surface area (Å²) in [5, 5.41) is 0. The van der Waals surface area contributed by atoms with Gasteiger partial charge in [-0.3, -0.25) is 0 Å². The first-order valence-electron chi connectivity index (χ1n) is 11.9. The zero-order valence-electron chi connectivity index (χ0n) is 19.9. The fourth-order valence-electron chi connectivity index (χ4n) is 4.68. The van der Waals surface area contributed by atoms with Crippen LogP contribution in [0.5, 0.6) is 11.5 Å². The Morgan fingerprint density at radius 2 is 1.19 bits per heavy atom. The van der Waals surface area contributed by atoms with Crippen LogP contribution in [0.25, 0.3) is 11.1 Å². The quantitative estimate of drug-likeness (QED) is 0.299. The van der Waals surface area contributed by atoms with Gasteiger partial charge in [0.15, 0.2) is 34.8 Å². The molecule has 0 saturated heterocycles. The van der Waals surface area contributed by atoms with E-state index >= 15 is 4.39 Å². The zero-order chi connectivity index (χ0) is 26.0. The molecule has 0 aromatic heterocycles. The molecule has 0 unspecified atom stereocenters. The van der Waals surface area contributed by atoms with E-state index in [1.807, 2.05) is 0 Å². The summed E-state index contributed by atoms with van der Waals surface area (Å²) >= 11 is 0. The number of halogens is 6. The molecule has 1 fully saturated rings. The number of rotatable bonds is 7. The summed E-state index contributed by atoms with van der Waals surface area (Å²) in [4.78, 5) is 0. The van der Waals surface area contributed by atoms with Gasteiger partial charge >= 0.3 is 0 Å².